The molecule has 3 N–H and O–H groups in total. The highest BCUT2D eigenvalue weighted by atomic mass is 16.5. The van der Waals surface area contributed by atoms with Gasteiger partial charge in [-0.2, -0.15) is 0 Å². The van der Waals surface area contributed by atoms with E-state index in [2.05, 4.69) is 10.6 Å². The van der Waals surface area contributed by atoms with Crippen LogP contribution in [0.4, 0.5) is 10.5 Å². The number of hydrogen-bond acceptors (Lipinski definition) is 5. The van der Waals surface area contributed by atoms with Gasteiger partial charge in [0.1, 0.15) is 11.9 Å². The summed E-state index contributed by atoms with van der Waals surface area (Å²) in [6.07, 6.45) is -0.112. The molecule has 0 unspecified atom stereocenters. The molecule has 0 saturated heterocycles. The van der Waals surface area contributed by atoms with Crippen molar-refractivity contribution in [2.75, 3.05) is 32.1 Å². The summed E-state index contributed by atoms with van der Waals surface area (Å²) in [4.78, 5) is 41.8. The molecule has 0 radical (unpaired) electrons. The van der Waals surface area contributed by atoms with Crippen LogP contribution in [0.2, 0.25) is 0 Å². The van der Waals surface area contributed by atoms with Crippen molar-refractivity contribution in [3.8, 4) is 5.75 Å². The fraction of sp³-hybridized carbons (Fsp3) is 0.483. The number of nitrogens with zero attached hydrogens (tertiary/aromatic N) is 2. The third kappa shape index (κ3) is 7.95. The lowest BCUT2D eigenvalue weighted by molar-refractivity contribution is -0.134. The Labute approximate surface area is 225 Å². The van der Waals surface area contributed by atoms with E-state index < -0.39 is 6.10 Å². The van der Waals surface area contributed by atoms with Crippen molar-refractivity contribution in [3.63, 3.8) is 0 Å². The Morgan fingerprint density at radius 2 is 1.87 bits per heavy atom. The minimum atomic E-state index is -0.408. The minimum Gasteiger partial charge on any atom is -0.488 e. The molecule has 0 aliphatic carbocycles. The number of hydrogen-bond donors (Lipinski definition) is 3. The zero-order valence-electron chi connectivity index (χ0n) is 22.9. The van der Waals surface area contributed by atoms with E-state index in [1.807, 2.05) is 58.0 Å². The normalized spacial score (nSPS) is 18.4. The third-order valence-corrected chi connectivity index (χ3v) is 6.62. The number of aliphatic hydroxyl groups is 1. The first kappa shape index (κ1) is 29.0. The second-order valence-electron chi connectivity index (χ2n) is 10.4. The SMILES string of the molecule is CC(C)NC(=O)N(C)C[C@@H]1Oc2ccc(NC(=O)Cc3ccccc3)cc2CC(=O)N([C@H](C)CO)C[C@@H]1C. The number of rotatable bonds is 8. The second-order valence-corrected chi connectivity index (χ2v) is 10.4. The fourth-order valence-corrected chi connectivity index (χ4v) is 4.42. The van der Waals surface area contributed by atoms with E-state index in [-0.39, 0.29) is 55.3 Å². The molecule has 0 aromatic heterocycles. The van der Waals surface area contributed by atoms with Crippen LogP contribution in [0.3, 0.4) is 0 Å². The summed E-state index contributed by atoms with van der Waals surface area (Å²) in [6.45, 7) is 8.11. The molecule has 0 saturated carbocycles. The highest BCUT2D eigenvalue weighted by Gasteiger charge is 2.32. The number of carbonyl (C=O) groups excluding carboxylic acids is 3. The van der Waals surface area contributed by atoms with Crippen molar-refractivity contribution in [1.29, 1.82) is 0 Å². The molecular formula is C29H40N4O5. The zero-order valence-corrected chi connectivity index (χ0v) is 22.9. The predicted molar refractivity (Wildman–Crippen MR) is 147 cm³/mol. The van der Waals surface area contributed by atoms with Gasteiger partial charge in [-0.25, -0.2) is 4.79 Å². The maximum Gasteiger partial charge on any atom is 0.317 e. The van der Waals surface area contributed by atoms with Crippen LogP contribution in [-0.4, -0.2) is 77.7 Å². The second kappa shape index (κ2) is 13.3. The molecule has 0 spiro atoms. The van der Waals surface area contributed by atoms with Gasteiger partial charge in [-0.3, -0.25) is 9.59 Å². The summed E-state index contributed by atoms with van der Waals surface area (Å²) in [5, 5.41) is 15.6. The number of aliphatic hydroxyl groups excluding tert-OH is 1. The Morgan fingerprint density at radius 3 is 2.53 bits per heavy atom. The van der Waals surface area contributed by atoms with Gasteiger partial charge in [0, 0.05) is 36.8 Å². The van der Waals surface area contributed by atoms with E-state index in [4.69, 9.17) is 4.74 Å². The van der Waals surface area contributed by atoms with Crippen LogP contribution in [0.1, 0.15) is 38.8 Å². The standard InChI is InChI=1S/C29H40N4O5/c1-19(2)30-29(37)32(5)17-26-20(3)16-33(21(4)18-34)28(36)15-23-14-24(11-12-25(23)38-26)31-27(35)13-22-9-7-6-8-10-22/h6-12,14,19-21,26,34H,13,15-18H2,1-5H3,(H,30,37)(H,31,35)/t20-,21+,26-/m0/s1. The number of carbonyl (C=O) groups is 3. The van der Waals surface area contributed by atoms with Gasteiger partial charge in [0.05, 0.1) is 32.0 Å². The summed E-state index contributed by atoms with van der Waals surface area (Å²) in [7, 11) is 1.71. The third-order valence-electron chi connectivity index (χ3n) is 6.62. The molecule has 2 aromatic carbocycles. The van der Waals surface area contributed by atoms with E-state index >= 15 is 0 Å². The highest BCUT2D eigenvalue weighted by molar-refractivity contribution is 5.92. The summed E-state index contributed by atoms with van der Waals surface area (Å²) < 4.78 is 6.44. The van der Waals surface area contributed by atoms with Gasteiger partial charge >= 0.3 is 6.03 Å². The van der Waals surface area contributed by atoms with E-state index in [9.17, 15) is 19.5 Å². The van der Waals surface area contributed by atoms with E-state index in [0.29, 0.717) is 30.1 Å². The van der Waals surface area contributed by atoms with Crippen LogP contribution in [0.5, 0.6) is 5.75 Å². The van der Waals surface area contributed by atoms with Crippen LogP contribution in [0.15, 0.2) is 48.5 Å². The van der Waals surface area contributed by atoms with Gasteiger partial charge < -0.3 is 30.3 Å². The van der Waals surface area contributed by atoms with E-state index in [0.717, 1.165) is 5.56 Å². The van der Waals surface area contributed by atoms with Gasteiger partial charge in [0.25, 0.3) is 0 Å². The van der Waals surface area contributed by atoms with Gasteiger partial charge in [-0.15, -0.1) is 0 Å². The zero-order chi connectivity index (χ0) is 27.8. The van der Waals surface area contributed by atoms with E-state index in [1.165, 1.54) is 0 Å². The Bertz CT molecular complexity index is 1110. The van der Waals surface area contributed by atoms with Crippen LogP contribution in [0.25, 0.3) is 0 Å². The lowest BCUT2D eigenvalue weighted by Gasteiger charge is -2.34. The number of fused-ring (bicyclic) bond motifs is 1. The molecule has 9 nitrogen and oxygen atoms in total. The number of nitrogens with one attached hydrogen (secondary N) is 2. The highest BCUT2D eigenvalue weighted by Crippen LogP contribution is 2.29. The Balaban J connectivity index is 1.87. The number of urea groups is 1. The smallest absolute Gasteiger partial charge is 0.317 e. The number of amides is 4. The number of benzene rings is 2. The van der Waals surface area contributed by atoms with Crippen molar-refractivity contribution in [1.82, 2.24) is 15.1 Å². The molecule has 9 heteroatoms. The summed E-state index contributed by atoms with van der Waals surface area (Å²) >= 11 is 0. The maximum atomic E-state index is 13.4. The van der Waals surface area contributed by atoms with Crippen LogP contribution >= 0.6 is 0 Å². The Hall–Kier alpha value is -3.59. The fourth-order valence-electron chi connectivity index (χ4n) is 4.42. The quantitative estimate of drug-likeness (QED) is 0.492. The molecule has 3 atom stereocenters. The molecule has 1 heterocycles. The number of ether oxygens (including phenoxy) is 1. The van der Waals surface area contributed by atoms with Crippen molar-refractivity contribution >= 4 is 23.5 Å². The van der Waals surface area contributed by atoms with Crippen molar-refractivity contribution in [2.24, 2.45) is 5.92 Å². The predicted octanol–water partition coefficient (Wildman–Crippen LogP) is 3.07. The van der Waals surface area contributed by atoms with Gasteiger partial charge in [-0.1, -0.05) is 37.3 Å². The molecule has 206 valence electrons. The maximum absolute atomic E-state index is 13.4. The first-order chi connectivity index (χ1) is 18.1. The largest absolute Gasteiger partial charge is 0.488 e. The lowest BCUT2D eigenvalue weighted by Crippen LogP contribution is -2.49. The molecule has 2 aromatic rings. The Kier molecular flexibility index (Phi) is 10.1. The molecule has 0 bridgehead atoms. The molecular weight excluding hydrogens is 484 g/mol. The average Bonchev–Trinajstić information content (AvgIpc) is 2.91. The van der Waals surface area contributed by atoms with Gasteiger partial charge in [0.2, 0.25) is 11.8 Å². The first-order valence-electron chi connectivity index (χ1n) is 13.1. The van der Waals surface area contributed by atoms with Gasteiger partial charge in [0.15, 0.2) is 0 Å². The average molecular weight is 525 g/mol. The van der Waals surface area contributed by atoms with Crippen molar-refractivity contribution in [2.45, 2.75) is 58.7 Å². The van der Waals surface area contributed by atoms with Crippen molar-refractivity contribution in [3.05, 3.63) is 59.7 Å². The molecule has 1 aliphatic heterocycles. The number of anilines is 1. The summed E-state index contributed by atoms with van der Waals surface area (Å²) in [5.74, 6) is 0.111. The van der Waals surface area contributed by atoms with Crippen LogP contribution < -0.4 is 15.4 Å². The molecule has 3 rings (SSSR count). The summed E-state index contributed by atoms with van der Waals surface area (Å²) in [5.41, 5.74) is 2.11. The molecule has 4 amide bonds. The van der Waals surface area contributed by atoms with Crippen LogP contribution in [-0.2, 0) is 22.4 Å². The minimum absolute atomic E-state index is 0.00131. The molecule has 38 heavy (non-hydrogen) atoms. The van der Waals surface area contributed by atoms with E-state index in [1.54, 1.807) is 35.0 Å². The Morgan fingerprint density at radius 1 is 1.16 bits per heavy atom. The lowest BCUT2D eigenvalue weighted by atomic mass is 10.0. The summed E-state index contributed by atoms with van der Waals surface area (Å²) in [6, 6.07) is 14.2. The number of likely N-dealkylation sites (N-methyl/N-ethyl adjacent to an activating group) is 1. The molecule has 1 aliphatic rings. The molecule has 0 fully saturated rings. The first-order valence-corrected chi connectivity index (χ1v) is 13.1. The van der Waals surface area contributed by atoms with Crippen molar-refractivity contribution < 1.29 is 24.2 Å². The van der Waals surface area contributed by atoms with Gasteiger partial charge in [-0.05, 0) is 44.5 Å². The topological polar surface area (TPSA) is 111 Å². The van der Waals surface area contributed by atoms with Crippen LogP contribution in [0, 0.1) is 5.92 Å². The monoisotopic (exact) mass is 524 g/mol.